The maximum absolute atomic E-state index is 4.50. The highest BCUT2D eigenvalue weighted by atomic mass is 15.1. The van der Waals surface area contributed by atoms with E-state index in [0.717, 1.165) is 30.7 Å². The minimum Gasteiger partial charge on any atom is -0.335 e. The predicted octanol–water partition coefficient (Wildman–Crippen LogP) is 2.08. The van der Waals surface area contributed by atoms with Crippen molar-refractivity contribution in [2.24, 2.45) is 17.8 Å². The lowest BCUT2D eigenvalue weighted by molar-refractivity contribution is 0.342. The first-order chi connectivity index (χ1) is 8.31. The van der Waals surface area contributed by atoms with E-state index in [2.05, 4.69) is 35.0 Å². The molecule has 3 atom stereocenters. The van der Waals surface area contributed by atoms with Crippen molar-refractivity contribution in [3.63, 3.8) is 0 Å². The van der Waals surface area contributed by atoms with Gasteiger partial charge in [0.25, 0.3) is 0 Å². The molecule has 2 aliphatic rings. The highest BCUT2D eigenvalue weighted by Gasteiger charge is 2.47. The van der Waals surface area contributed by atoms with Gasteiger partial charge in [-0.05, 0) is 51.0 Å². The second kappa shape index (κ2) is 4.45. The normalized spacial score (nSPS) is 32.5. The number of rotatable bonds is 5. The molecule has 2 fully saturated rings. The van der Waals surface area contributed by atoms with Crippen molar-refractivity contribution in [1.82, 2.24) is 14.9 Å². The highest BCUT2D eigenvalue weighted by Crippen LogP contribution is 2.55. The topological polar surface area (TPSA) is 29.9 Å². The smallest absolute Gasteiger partial charge is 0.110 e. The fourth-order valence-electron chi connectivity index (χ4n) is 3.61. The number of nitrogens with zero attached hydrogens (tertiary/aromatic N) is 2. The van der Waals surface area contributed by atoms with Crippen LogP contribution in [0.4, 0.5) is 0 Å². The Labute approximate surface area is 104 Å². The molecule has 3 heteroatoms. The highest BCUT2D eigenvalue weighted by molar-refractivity contribution is 5.03. The van der Waals surface area contributed by atoms with E-state index in [-0.39, 0.29) is 0 Å². The predicted molar refractivity (Wildman–Crippen MR) is 68.8 cm³/mol. The van der Waals surface area contributed by atoms with Crippen LogP contribution in [0.1, 0.15) is 32.0 Å². The summed E-state index contributed by atoms with van der Waals surface area (Å²) in [6.45, 7) is 3.21. The summed E-state index contributed by atoms with van der Waals surface area (Å²) in [7, 11) is 2.10. The molecule has 17 heavy (non-hydrogen) atoms. The Hall–Kier alpha value is -0.830. The van der Waals surface area contributed by atoms with Gasteiger partial charge in [-0.2, -0.15) is 0 Å². The monoisotopic (exact) mass is 233 g/mol. The zero-order valence-electron chi connectivity index (χ0n) is 10.9. The van der Waals surface area contributed by atoms with Crippen molar-refractivity contribution in [2.75, 3.05) is 7.05 Å². The minimum absolute atomic E-state index is 0.621. The number of likely N-dealkylation sites (N-methyl/N-ethyl adjacent to an activating group) is 1. The molecule has 1 aromatic heterocycles. The largest absolute Gasteiger partial charge is 0.335 e. The lowest BCUT2D eigenvalue weighted by Crippen LogP contribution is -2.35. The van der Waals surface area contributed by atoms with Crippen molar-refractivity contribution in [2.45, 2.75) is 45.2 Å². The first kappa shape index (κ1) is 11.3. The summed E-state index contributed by atoms with van der Waals surface area (Å²) < 4.78 is 2.26. The Morgan fingerprint density at radius 3 is 2.82 bits per heavy atom. The molecule has 0 radical (unpaired) electrons. The van der Waals surface area contributed by atoms with Crippen LogP contribution in [0, 0.1) is 17.8 Å². The maximum Gasteiger partial charge on any atom is 0.110 e. The summed E-state index contributed by atoms with van der Waals surface area (Å²) in [6, 6.07) is 0.621. The van der Waals surface area contributed by atoms with Gasteiger partial charge in [0.15, 0.2) is 0 Å². The lowest BCUT2D eigenvalue weighted by atomic mass is 9.92. The zero-order chi connectivity index (χ0) is 11.8. The van der Waals surface area contributed by atoms with E-state index < -0.39 is 0 Å². The van der Waals surface area contributed by atoms with Crippen LogP contribution in [-0.4, -0.2) is 22.6 Å². The van der Waals surface area contributed by atoms with Gasteiger partial charge in [0.2, 0.25) is 0 Å². The number of hydrogen-bond acceptors (Lipinski definition) is 2. The summed E-state index contributed by atoms with van der Waals surface area (Å²) in [5.41, 5.74) is 0. The van der Waals surface area contributed by atoms with Crippen molar-refractivity contribution in [3.8, 4) is 0 Å². The van der Waals surface area contributed by atoms with Gasteiger partial charge in [0.05, 0.1) is 0 Å². The molecule has 0 bridgehead atoms. The molecular formula is C14H23N3. The molecule has 0 spiro atoms. The third kappa shape index (κ3) is 2.13. The average molecular weight is 233 g/mol. The molecule has 0 aromatic carbocycles. The van der Waals surface area contributed by atoms with Crippen molar-refractivity contribution >= 4 is 0 Å². The third-order valence-corrected chi connectivity index (χ3v) is 4.76. The number of imidazole rings is 1. The van der Waals surface area contributed by atoms with Crippen molar-refractivity contribution in [3.05, 3.63) is 18.2 Å². The van der Waals surface area contributed by atoms with E-state index in [1.54, 1.807) is 0 Å². The molecule has 0 aliphatic heterocycles. The van der Waals surface area contributed by atoms with Gasteiger partial charge in [-0.25, -0.2) is 4.98 Å². The lowest BCUT2D eigenvalue weighted by Gasteiger charge is -2.24. The van der Waals surface area contributed by atoms with Crippen LogP contribution in [0.2, 0.25) is 0 Å². The number of fused-ring (bicyclic) bond motifs is 1. The zero-order valence-corrected chi connectivity index (χ0v) is 10.9. The van der Waals surface area contributed by atoms with Gasteiger partial charge in [-0.15, -0.1) is 0 Å². The number of nitrogens with one attached hydrogen (secondary N) is 1. The van der Waals surface area contributed by atoms with E-state index >= 15 is 0 Å². The van der Waals surface area contributed by atoms with E-state index in [0.29, 0.717) is 6.04 Å². The second-order valence-corrected chi connectivity index (χ2v) is 5.72. The van der Waals surface area contributed by atoms with Gasteiger partial charge in [-0.3, -0.25) is 0 Å². The first-order valence-corrected chi connectivity index (χ1v) is 6.99. The van der Waals surface area contributed by atoms with Gasteiger partial charge in [0.1, 0.15) is 5.82 Å². The Bertz CT molecular complexity index is 375. The van der Waals surface area contributed by atoms with Gasteiger partial charge < -0.3 is 9.88 Å². The van der Waals surface area contributed by atoms with Crippen LogP contribution in [-0.2, 0) is 13.0 Å². The fraction of sp³-hybridized carbons (Fsp3) is 0.786. The Morgan fingerprint density at radius 1 is 1.41 bits per heavy atom. The summed E-state index contributed by atoms with van der Waals surface area (Å²) >= 11 is 0. The molecule has 0 saturated heterocycles. The molecule has 3 nitrogen and oxygen atoms in total. The van der Waals surface area contributed by atoms with Crippen LogP contribution < -0.4 is 5.32 Å². The van der Waals surface area contributed by atoms with Crippen molar-refractivity contribution < 1.29 is 0 Å². The van der Waals surface area contributed by atoms with Gasteiger partial charge in [-0.1, -0.05) is 0 Å². The quantitative estimate of drug-likeness (QED) is 0.844. The maximum atomic E-state index is 4.50. The molecule has 3 unspecified atom stereocenters. The minimum atomic E-state index is 0.621. The number of aromatic nitrogens is 2. The van der Waals surface area contributed by atoms with Crippen LogP contribution in [0.15, 0.2) is 12.4 Å². The van der Waals surface area contributed by atoms with Crippen LogP contribution in [0.5, 0.6) is 0 Å². The van der Waals surface area contributed by atoms with Crippen LogP contribution in [0.3, 0.4) is 0 Å². The molecular weight excluding hydrogens is 210 g/mol. The molecule has 2 aliphatic carbocycles. The standard InChI is InChI=1S/C14H23N3/c1-3-17-5-4-16-14(17)9-13(15-2)12-7-10-6-11(10)8-12/h4-5,10-13,15H,3,6-9H2,1-2H3. The van der Waals surface area contributed by atoms with Crippen LogP contribution >= 0.6 is 0 Å². The van der Waals surface area contributed by atoms with E-state index in [1.807, 2.05) is 6.20 Å². The summed E-state index contributed by atoms with van der Waals surface area (Å²) in [5, 5.41) is 3.52. The van der Waals surface area contributed by atoms with Gasteiger partial charge in [0, 0.05) is 31.4 Å². The Morgan fingerprint density at radius 2 is 2.18 bits per heavy atom. The molecule has 2 saturated carbocycles. The molecule has 1 N–H and O–H groups in total. The molecule has 3 rings (SSSR count). The first-order valence-electron chi connectivity index (χ1n) is 6.99. The number of aryl methyl sites for hydroxylation is 1. The summed E-state index contributed by atoms with van der Waals surface area (Å²) in [6.07, 6.45) is 9.51. The van der Waals surface area contributed by atoms with E-state index in [1.165, 1.54) is 25.1 Å². The molecule has 1 aromatic rings. The Kier molecular flexibility index (Phi) is 2.95. The number of hydrogen-bond donors (Lipinski definition) is 1. The van der Waals surface area contributed by atoms with Crippen molar-refractivity contribution in [1.29, 1.82) is 0 Å². The van der Waals surface area contributed by atoms with E-state index in [4.69, 9.17) is 0 Å². The summed E-state index contributed by atoms with van der Waals surface area (Å²) in [4.78, 5) is 4.50. The van der Waals surface area contributed by atoms with Crippen LogP contribution in [0.25, 0.3) is 0 Å². The average Bonchev–Trinajstić information content (AvgIpc) is 2.80. The SMILES string of the molecule is CCn1ccnc1CC(NC)C1CC2CC2C1. The van der Waals surface area contributed by atoms with Gasteiger partial charge >= 0.3 is 0 Å². The second-order valence-electron chi connectivity index (χ2n) is 5.72. The fourth-order valence-corrected chi connectivity index (χ4v) is 3.61. The summed E-state index contributed by atoms with van der Waals surface area (Å²) in [5.74, 6) is 4.27. The molecule has 0 amide bonds. The molecule has 1 heterocycles. The molecule has 94 valence electrons. The Balaban J connectivity index is 1.65. The van der Waals surface area contributed by atoms with E-state index in [9.17, 15) is 0 Å². The third-order valence-electron chi connectivity index (χ3n) is 4.76.